The molecule has 0 unspecified atom stereocenters. The summed E-state index contributed by atoms with van der Waals surface area (Å²) in [6.07, 6.45) is 0. The molecular formula is C17H18ClFN4O2. The topological polar surface area (TPSA) is 58.4 Å². The molecule has 0 spiro atoms. The number of rotatable bonds is 3. The van der Waals surface area contributed by atoms with Gasteiger partial charge in [0, 0.05) is 56.4 Å². The first kappa shape index (κ1) is 17.6. The quantitative estimate of drug-likeness (QED) is 0.828. The van der Waals surface area contributed by atoms with E-state index in [9.17, 15) is 14.0 Å². The highest BCUT2D eigenvalue weighted by Crippen LogP contribution is 2.21. The number of piperazine rings is 1. The molecule has 1 aliphatic rings. The zero-order valence-corrected chi connectivity index (χ0v) is 14.5. The van der Waals surface area contributed by atoms with E-state index in [4.69, 9.17) is 11.6 Å². The third kappa shape index (κ3) is 3.88. The molecule has 0 aliphatic carbocycles. The van der Waals surface area contributed by atoms with Crippen LogP contribution in [0, 0.1) is 5.82 Å². The van der Waals surface area contributed by atoms with Gasteiger partial charge in [0.2, 0.25) is 0 Å². The van der Waals surface area contributed by atoms with Crippen LogP contribution in [0.4, 0.5) is 4.39 Å². The summed E-state index contributed by atoms with van der Waals surface area (Å²) in [5.41, 5.74) is 0.458. The Labute approximate surface area is 149 Å². The van der Waals surface area contributed by atoms with Gasteiger partial charge in [0.15, 0.2) is 0 Å². The molecule has 1 fully saturated rings. The van der Waals surface area contributed by atoms with Crippen LogP contribution in [-0.2, 0) is 13.6 Å². The fourth-order valence-corrected chi connectivity index (χ4v) is 3.02. The van der Waals surface area contributed by atoms with E-state index in [0.717, 1.165) is 4.68 Å². The van der Waals surface area contributed by atoms with E-state index in [1.807, 2.05) is 0 Å². The molecule has 3 rings (SSSR count). The molecule has 0 bridgehead atoms. The normalized spacial score (nSPS) is 15.4. The second-order valence-electron chi connectivity index (χ2n) is 5.95. The van der Waals surface area contributed by atoms with E-state index in [-0.39, 0.29) is 23.0 Å². The third-order valence-electron chi connectivity index (χ3n) is 4.28. The van der Waals surface area contributed by atoms with Crippen LogP contribution in [0.1, 0.15) is 16.1 Å². The molecule has 1 amide bonds. The number of hydrogen-bond donors (Lipinski definition) is 0. The molecule has 1 aromatic heterocycles. The van der Waals surface area contributed by atoms with Crippen molar-refractivity contribution in [3.8, 4) is 0 Å². The van der Waals surface area contributed by atoms with Crippen LogP contribution in [-0.4, -0.2) is 51.7 Å². The lowest BCUT2D eigenvalue weighted by molar-refractivity contribution is 0.0619. The first-order valence-electron chi connectivity index (χ1n) is 7.94. The van der Waals surface area contributed by atoms with Crippen molar-refractivity contribution in [2.75, 3.05) is 26.2 Å². The Hall–Kier alpha value is -2.25. The lowest BCUT2D eigenvalue weighted by Gasteiger charge is -2.34. The number of aromatic nitrogens is 2. The van der Waals surface area contributed by atoms with Gasteiger partial charge in [-0.3, -0.25) is 14.5 Å². The molecule has 0 atom stereocenters. The van der Waals surface area contributed by atoms with E-state index < -0.39 is 0 Å². The van der Waals surface area contributed by atoms with Crippen molar-refractivity contribution in [2.24, 2.45) is 7.05 Å². The van der Waals surface area contributed by atoms with Gasteiger partial charge in [0.05, 0.1) is 0 Å². The number of benzene rings is 1. The average molecular weight is 365 g/mol. The number of carbonyl (C=O) groups excluding carboxylic acids is 1. The van der Waals surface area contributed by atoms with Crippen LogP contribution in [0.25, 0.3) is 0 Å². The summed E-state index contributed by atoms with van der Waals surface area (Å²) in [5, 5.41) is 4.40. The van der Waals surface area contributed by atoms with Crippen LogP contribution in [0.5, 0.6) is 0 Å². The van der Waals surface area contributed by atoms with Gasteiger partial charge in [-0.2, -0.15) is 5.10 Å². The van der Waals surface area contributed by atoms with Gasteiger partial charge in [-0.05, 0) is 18.2 Å². The maximum Gasteiger partial charge on any atom is 0.274 e. The maximum atomic E-state index is 13.9. The van der Waals surface area contributed by atoms with Gasteiger partial charge in [-0.25, -0.2) is 9.07 Å². The van der Waals surface area contributed by atoms with Crippen LogP contribution in [0.2, 0.25) is 5.02 Å². The lowest BCUT2D eigenvalue weighted by Crippen LogP contribution is -2.48. The Morgan fingerprint density at radius 2 is 1.92 bits per heavy atom. The Balaban J connectivity index is 1.62. The van der Waals surface area contributed by atoms with Crippen molar-refractivity contribution in [3.05, 3.63) is 62.8 Å². The van der Waals surface area contributed by atoms with Crippen LogP contribution in [0.15, 0.2) is 35.1 Å². The van der Waals surface area contributed by atoms with Crippen LogP contribution >= 0.6 is 11.6 Å². The molecule has 6 nitrogen and oxygen atoms in total. The van der Waals surface area contributed by atoms with Crippen LogP contribution < -0.4 is 5.56 Å². The second-order valence-corrected chi connectivity index (χ2v) is 6.36. The summed E-state index contributed by atoms with van der Waals surface area (Å²) in [6.45, 7) is 2.65. The van der Waals surface area contributed by atoms with Gasteiger partial charge in [0.1, 0.15) is 11.5 Å². The Morgan fingerprint density at radius 1 is 1.20 bits per heavy atom. The minimum absolute atomic E-state index is 0.209. The van der Waals surface area contributed by atoms with Crippen molar-refractivity contribution in [1.82, 2.24) is 19.6 Å². The lowest BCUT2D eigenvalue weighted by atomic mass is 10.1. The molecule has 132 valence electrons. The SMILES string of the molecule is Cn1nc(C(=O)N2CCN(Cc3c(F)cccc3Cl)CC2)ccc1=O. The second kappa shape index (κ2) is 7.33. The van der Waals surface area contributed by atoms with E-state index >= 15 is 0 Å². The average Bonchev–Trinajstić information content (AvgIpc) is 2.61. The minimum Gasteiger partial charge on any atom is -0.335 e. The number of hydrogen-bond acceptors (Lipinski definition) is 4. The summed E-state index contributed by atoms with van der Waals surface area (Å²) < 4.78 is 15.0. The van der Waals surface area contributed by atoms with E-state index in [2.05, 4.69) is 10.00 Å². The monoisotopic (exact) mass is 364 g/mol. The maximum absolute atomic E-state index is 13.9. The van der Waals surface area contributed by atoms with Crippen molar-refractivity contribution in [1.29, 1.82) is 0 Å². The largest absolute Gasteiger partial charge is 0.335 e. The number of carbonyl (C=O) groups is 1. The first-order valence-corrected chi connectivity index (χ1v) is 8.32. The predicted octanol–water partition coefficient (Wildman–Crippen LogP) is 1.53. The Morgan fingerprint density at radius 3 is 2.56 bits per heavy atom. The highest BCUT2D eigenvalue weighted by atomic mass is 35.5. The third-order valence-corrected chi connectivity index (χ3v) is 4.64. The summed E-state index contributed by atoms with van der Waals surface area (Å²) >= 11 is 6.07. The molecule has 2 heterocycles. The van der Waals surface area contributed by atoms with E-state index in [1.165, 1.54) is 25.2 Å². The minimum atomic E-state index is -0.319. The molecular weight excluding hydrogens is 347 g/mol. The van der Waals surface area contributed by atoms with Gasteiger partial charge < -0.3 is 4.90 Å². The molecule has 0 N–H and O–H groups in total. The fraction of sp³-hybridized carbons (Fsp3) is 0.353. The summed E-state index contributed by atoms with van der Waals surface area (Å²) in [4.78, 5) is 27.6. The molecule has 0 saturated carbocycles. The van der Waals surface area contributed by atoms with Gasteiger partial charge in [0.25, 0.3) is 11.5 Å². The number of halogens is 2. The van der Waals surface area contributed by atoms with Crippen molar-refractivity contribution in [3.63, 3.8) is 0 Å². The summed E-state index contributed by atoms with van der Waals surface area (Å²) in [7, 11) is 1.51. The predicted molar refractivity (Wildman–Crippen MR) is 92.1 cm³/mol. The molecule has 1 aromatic carbocycles. The number of nitrogens with zero attached hydrogens (tertiary/aromatic N) is 4. The smallest absolute Gasteiger partial charge is 0.274 e. The molecule has 25 heavy (non-hydrogen) atoms. The Kier molecular flexibility index (Phi) is 5.15. The molecule has 0 radical (unpaired) electrons. The van der Waals surface area contributed by atoms with E-state index in [0.29, 0.717) is 43.3 Å². The summed E-state index contributed by atoms with van der Waals surface area (Å²) in [5.74, 6) is -0.528. The van der Waals surface area contributed by atoms with Gasteiger partial charge >= 0.3 is 0 Å². The zero-order chi connectivity index (χ0) is 18.0. The van der Waals surface area contributed by atoms with Crippen LogP contribution in [0.3, 0.4) is 0 Å². The first-order chi connectivity index (χ1) is 12.0. The Bertz CT molecular complexity index is 827. The fourth-order valence-electron chi connectivity index (χ4n) is 2.79. The van der Waals surface area contributed by atoms with E-state index in [1.54, 1.807) is 17.0 Å². The summed E-state index contributed by atoms with van der Waals surface area (Å²) in [6, 6.07) is 7.42. The standard InChI is InChI=1S/C17H18ClFN4O2/c1-21-16(24)6-5-15(20-21)17(25)23-9-7-22(8-10-23)11-12-13(18)3-2-4-14(12)19/h2-6H,7-11H2,1H3. The zero-order valence-electron chi connectivity index (χ0n) is 13.8. The molecule has 8 heteroatoms. The van der Waals surface area contributed by atoms with Gasteiger partial charge in [-0.1, -0.05) is 17.7 Å². The molecule has 2 aromatic rings. The van der Waals surface area contributed by atoms with Crippen molar-refractivity contribution < 1.29 is 9.18 Å². The van der Waals surface area contributed by atoms with Crippen molar-refractivity contribution in [2.45, 2.75) is 6.54 Å². The van der Waals surface area contributed by atoms with Crippen molar-refractivity contribution >= 4 is 17.5 Å². The molecule has 1 saturated heterocycles. The highest BCUT2D eigenvalue weighted by Gasteiger charge is 2.24. The molecule has 1 aliphatic heterocycles. The number of amides is 1. The van der Waals surface area contributed by atoms with Gasteiger partial charge in [-0.15, -0.1) is 0 Å². The number of aryl methyl sites for hydroxylation is 1. The highest BCUT2D eigenvalue weighted by molar-refractivity contribution is 6.31.